The van der Waals surface area contributed by atoms with E-state index in [1.165, 1.54) is 0 Å². The lowest BCUT2D eigenvalue weighted by molar-refractivity contribution is -0.130. The lowest BCUT2D eigenvalue weighted by Crippen LogP contribution is -2.42. The predicted molar refractivity (Wildman–Crippen MR) is 77.0 cm³/mol. The number of rotatable bonds is 2. The van der Waals surface area contributed by atoms with E-state index in [4.69, 9.17) is 0 Å². The van der Waals surface area contributed by atoms with E-state index in [1.54, 1.807) is 30.0 Å². The van der Waals surface area contributed by atoms with Gasteiger partial charge in [-0.1, -0.05) is 22.0 Å². The van der Waals surface area contributed by atoms with Crippen LogP contribution in [0.4, 0.5) is 0 Å². The molecule has 1 fully saturated rings. The Hall–Kier alpha value is -1.36. The van der Waals surface area contributed by atoms with Gasteiger partial charge in [-0.3, -0.25) is 9.59 Å². The molecule has 0 spiro atoms. The van der Waals surface area contributed by atoms with E-state index in [0.717, 1.165) is 10.0 Å². The van der Waals surface area contributed by atoms with E-state index in [-0.39, 0.29) is 17.9 Å². The molecule has 1 aliphatic rings. The van der Waals surface area contributed by atoms with Gasteiger partial charge in [0.15, 0.2) is 0 Å². The number of likely N-dealkylation sites (N-methyl/N-ethyl adjacent to an activating group) is 2. The monoisotopic (exact) mass is 324 g/mol. The third-order valence-electron chi connectivity index (χ3n) is 3.69. The Kier molecular flexibility index (Phi) is 3.94. The molecule has 0 unspecified atom stereocenters. The highest BCUT2D eigenvalue weighted by Crippen LogP contribution is 2.23. The van der Waals surface area contributed by atoms with Crippen molar-refractivity contribution in [2.75, 3.05) is 20.6 Å². The molecule has 102 valence electrons. The van der Waals surface area contributed by atoms with Gasteiger partial charge in [-0.25, -0.2) is 0 Å². The van der Waals surface area contributed by atoms with Crippen LogP contribution in [0, 0.1) is 6.92 Å². The lowest BCUT2D eigenvalue weighted by Gasteiger charge is -2.24. The van der Waals surface area contributed by atoms with Crippen molar-refractivity contribution in [1.29, 1.82) is 0 Å². The topological polar surface area (TPSA) is 40.6 Å². The Balaban J connectivity index is 2.25. The summed E-state index contributed by atoms with van der Waals surface area (Å²) in [6.07, 6.45) is 0.699. The third kappa shape index (κ3) is 2.52. The van der Waals surface area contributed by atoms with Crippen LogP contribution in [-0.4, -0.2) is 48.3 Å². The standard InChI is InChI=1S/C14H17BrN2O2/c1-9-10(5-4-6-11(9)15)13(18)17(3)12-7-8-16(2)14(12)19/h4-6,12H,7-8H2,1-3H3/t12-/m1/s1. The van der Waals surface area contributed by atoms with E-state index < -0.39 is 0 Å². The van der Waals surface area contributed by atoms with Crippen LogP contribution in [0.1, 0.15) is 22.3 Å². The fourth-order valence-electron chi connectivity index (χ4n) is 2.33. The molecule has 1 heterocycles. The van der Waals surface area contributed by atoms with Gasteiger partial charge in [-0.15, -0.1) is 0 Å². The molecule has 0 bridgehead atoms. The number of amides is 2. The van der Waals surface area contributed by atoms with Gasteiger partial charge >= 0.3 is 0 Å². The summed E-state index contributed by atoms with van der Waals surface area (Å²) < 4.78 is 0.904. The summed E-state index contributed by atoms with van der Waals surface area (Å²) >= 11 is 3.42. The molecule has 2 amide bonds. The van der Waals surface area contributed by atoms with Crippen molar-refractivity contribution in [1.82, 2.24) is 9.80 Å². The van der Waals surface area contributed by atoms with Gasteiger partial charge in [0, 0.05) is 30.7 Å². The number of hydrogen-bond acceptors (Lipinski definition) is 2. The predicted octanol–water partition coefficient (Wildman–Crippen LogP) is 2.06. The average molecular weight is 325 g/mol. The van der Waals surface area contributed by atoms with E-state index >= 15 is 0 Å². The molecule has 19 heavy (non-hydrogen) atoms. The summed E-state index contributed by atoms with van der Waals surface area (Å²) in [4.78, 5) is 27.7. The summed E-state index contributed by atoms with van der Waals surface area (Å²) in [6, 6.07) is 5.19. The quantitative estimate of drug-likeness (QED) is 0.835. The molecule has 0 saturated carbocycles. The molecular formula is C14H17BrN2O2. The number of halogens is 1. The SMILES string of the molecule is Cc1c(Br)cccc1C(=O)N(C)[C@@H]1CCN(C)C1=O. The average Bonchev–Trinajstić information content (AvgIpc) is 2.72. The maximum atomic E-state index is 12.5. The zero-order valence-electron chi connectivity index (χ0n) is 11.3. The molecule has 0 N–H and O–H groups in total. The molecule has 2 rings (SSSR count). The van der Waals surface area contributed by atoms with Crippen molar-refractivity contribution >= 4 is 27.7 Å². The van der Waals surface area contributed by atoms with E-state index in [2.05, 4.69) is 15.9 Å². The van der Waals surface area contributed by atoms with Gasteiger partial charge in [-0.05, 0) is 31.0 Å². The lowest BCUT2D eigenvalue weighted by atomic mass is 10.1. The van der Waals surface area contributed by atoms with Gasteiger partial charge in [0.1, 0.15) is 6.04 Å². The third-order valence-corrected chi connectivity index (χ3v) is 4.54. The number of benzene rings is 1. The van der Waals surface area contributed by atoms with Crippen LogP contribution in [-0.2, 0) is 4.79 Å². The second kappa shape index (κ2) is 5.33. The molecular weight excluding hydrogens is 308 g/mol. The van der Waals surface area contributed by atoms with Crippen LogP contribution in [0.25, 0.3) is 0 Å². The Bertz CT molecular complexity index is 530. The summed E-state index contributed by atoms with van der Waals surface area (Å²) in [5, 5.41) is 0. The highest BCUT2D eigenvalue weighted by molar-refractivity contribution is 9.10. The number of carbonyl (C=O) groups is 2. The maximum absolute atomic E-state index is 12.5. The van der Waals surface area contributed by atoms with Crippen LogP contribution in [0.3, 0.4) is 0 Å². The first-order valence-electron chi connectivity index (χ1n) is 6.20. The smallest absolute Gasteiger partial charge is 0.254 e. The van der Waals surface area contributed by atoms with Crippen LogP contribution >= 0.6 is 15.9 Å². The molecule has 1 saturated heterocycles. The minimum atomic E-state index is -0.337. The molecule has 0 radical (unpaired) electrons. The van der Waals surface area contributed by atoms with Gasteiger partial charge in [0.05, 0.1) is 0 Å². The fraction of sp³-hybridized carbons (Fsp3) is 0.429. The molecule has 4 nitrogen and oxygen atoms in total. The first-order chi connectivity index (χ1) is 8.93. The molecule has 0 aromatic heterocycles. The first kappa shape index (κ1) is 14.1. The van der Waals surface area contributed by atoms with E-state index in [1.807, 2.05) is 19.1 Å². The number of nitrogens with zero attached hydrogens (tertiary/aromatic N) is 2. The number of hydrogen-bond donors (Lipinski definition) is 0. The minimum absolute atomic E-state index is 0.0171. The normalized spacial score (nSPS) is 18.8. The molecule has 1 atom stereocenters. The largest absolute Gasteiger partial charge is 0.344 e. The Morgan fingerprint density at radius 2 is 2.16 bits per heavy atom. The first-order valence-corrected chi connectivity index (χ1v) is 7.00. The highest BCUT2D eigenvalue weighted by Gasteiger charge is 2.35. The minimum Gasteiger partial charge on any atom is -0.344 e. The van der Waals surface area contributed by atoms with Crippen molar-refractivity contribution < 1.29 is 9.59 Å². The summed E-state index contributed by atoms with van der Waals surface area (Å²) in [6.45, 7) is 2.60. The molecule has 5 heteroatoms. The van der Waals surface area contributed by atoms with Gasteiger partial charge in [-0.2, -0.15) is 0 Å². The van der Waals surface area contributed by atoms with E-state index in [9.17, 15) is 9.59 Å². The van der Waals surface area contributed by atoms with Gasteiger partial charge < -0.3 is 9.80 Å². The summed E-state index contributed by atoms with van der Waals surface area (Å²) in [7, 11) is 3.47. The molecule has 1 aromatic carbocycles. The second-order valence-corrected chi connectivity index (χ2v) is 5.75. The number of likely N-dealkylation sites (tertiary alicyclic amines) is 1. The van der Waals surface area contributed by atoms with Crippen molar-refractivity contribution in [3.05, 3.63) is 33.8 Å². The highest BCUT2D eigenvalue weighted by atomic mass is 79.9. The molecule has 1 aliphatic heterocycles. The van der Waals surface area contributed by atoms with Crippen molar-refractivity contribution in [2.45, 2.75) is 19.4 Å². The van der Waals surface area contributed by atoms with Crippen LogP contribution in [0.2, 0.25) is 0 Å². The van der Waals surface area contributed by atoms with E-state index in [0.29, 0.717) is 18.5 Å². The van der Waals surface area contributed by atoms with Crippen LogP contribution in [0.15, 0.2) is 22.7 Å². The number of carbonyl (C=O) groups excluding carboxylic acids is 2. The van der Waals surface area contributed by atoms with Crippen LogP contribution in [0.5, 0.6) is 0 Å². The Labute approximate surface area is 121 Å². The summed E-state index contributed by atoms with van der Waals surface area (Å²) in [5.41, 5.74) is 1.54. The Morgan fingerprint density at radius 3 is 2.74 bits per heavy atom. The zero-order valence-corrected chi connectivity index (χ0v) is 12.9. The van der Waals surface area contributed by atoms with Crippen molar-refractivity contribution in [3.8, 4) is 0 Å². The molecule has 0 aliphatic carbocycles. The van der Waals surface area contributed by atoms with Crippen molar-refractivity contribution in [2.24, 2.45) is 0 Å². The molecule has 1 aromatic rings. The zero-order chi connectivity index (χ0) is 14.2. The van der Waals surface area contributed by atoms with Crippen molar-refractivity contribution in [3.63, 3.8) is 0 Å². The maximum Gasteiger partial charge on any atom is 0.254 e. The summed E-state index contributed by atoms with van der Waals surface area (Å²) in [5.74, 6) is -0.0871. The van der Waals surface area contributed by atoms with Gasteiger partial charge in [0.25, 0.3) is 5.91 Å². The second-order valence-electron chi connectivity index (χ2n) is 4.89. The van der Waals surface area contributed by atoms with Gasteiger partial charge in [0.2, 0.25) is 5.91 Å². The fourth-order valence-corrected chi connectivity index (χ4v) is 2.70. The van der Waals surface area contributed by atoms with Crippen LogP contribution < -0.4 is 0 Å². The Morgan fingerprint density at radius 1 is 1.47 bits per heavy atom.